The molecule has 4 atom stereocenters. The molecular weight excluding hydrogens is 442 g/mol. The fraction of sp³-hybridized carbons (Fsp3) is 0.792. The van der Waals surface area contributed by atoms with E-state index in [9.17, 15) is 24.0 Å². The summed E-state index contributed by atoms with van der Waals surface area (Å²) in [5.41, 5.74) is -2.98. The van der Waals surface area contributed by atoms with E-state index in [0.29, 0.717) is 6.54 Å². The van der Waals surface area contributed by atoms with Crippen molar-refractivity contribution in [3.63, 3.8) is 0 Å². The predicted octanol–water partition coefficient (Wildman–Crippen LogP) is 1.71. The average Bonchev–Trinajstić information content (AvgIpc) is 3.46. The number of likely N-dealkylation sites (tertiary alicyclic amines) is 1. The molecule has 3 rings (SSSR count). The minimum absolute atomic E-state index is 0.0969. The van der Waals surface area contributed by atoms with Gasteiger partial charge in [0.15, 0.2) is 0 Å². The van der Waals surface area contributed by atoms with Gasteiger partial charge in [0.1, 0.15) is 23.2 Å². The Hall–Kier alpha value is -2.65. The van der Waals surface area contributed by atoms with Gasteiger partial charge in [-0.25, -0.2) is 9.59 Å². The molecule has 3 N–H and O–H groups in total. The van der Waals surface area contributed by atoms with Crippen LogP contribution >= 0.6 is 0 Å². The van der Waals surface area contributed by atoms with Crippen molar-refractivity contribution in [2.45, 2.75) is 91.5 Å². The van der Waals surface area contributed by atoms with E-state index >= 15 is 0 Å². The molecule has 1 heterocycles. The smallest absolute Gasteiger partial charge is 0.408 e. The molecule has 3 aliphatic rings. The number of carboxylic acid groups (broad SMARTS) is 1. The number of aliphatic carboxylic acids is 1. The van der Waals surface area contributed by atoms with E-state index in [-0.39, 0.29) is 30.1 Å². The van der Waals surface area contributed by atoms with Crippen molar-refractivity contribution in [1.29, 1.82) is 0 Å². The number of ketones is 1. The topological polar surface area (TPSA) is 142 Å². The summed E-state index contributed by atoms with van der Waals surface area (Å²) in [6.45, 7) is 15.0. The van der Waals surface area contributed by atoms with E-state index in [0.717, 1.165) is 0 Å². The lowest BCUT2D eigenvalue weighted by Gasteiger charge is -2.38. The normalized spacial score (nSPS) is 27.2. The highest BCUT2D eigenvalue weighted by molar-refractivity contribution is 6.37. The largest absolute Gasteiger partial charge is 0.475 e. The molecule has 34 heavy (non-hydrogen) atoms. The lowest BCUT2D eigenvalue weighted by molar-refractivity contribution is -0.151. The molecule has 3 fully saturated rings. The molecule has 4 unspecified atom stereocenters. The Morgan fingerprint density at radius 2 is 1.59 bits per heavy atom. The summed E-state index contributed by atoms with van der Waals surface area (Å²) in [4.78, 5) is 64.4. The molecule has 10 heteroatoms. The molecule has 2 aliphatic carbocycles. The van der Waals surface area contributed by atoms with Crippen LogP contribution in [0.25, 0.3) is 0 Å². The number of nitrogens with one attached hydrogen (secondary N) is 2. The standard InChI is InChI=1S/C24H37N3O7/c1-21(2,3)15(25-20(33)34-22(4,5)6)18(30)27-11-12-13(23(12,7)8)14(27)17(29)26-24(9-10-24)16(28)19(31)32/h12-15H,9-11H2,1-8H3,(H,25,33)(H,26,29)(H,31,32). The maximum absolute atomic E-state index is 13.7. The molecule has 0 aromatic carbocycles. The van der Waals surface area contributed by atoms with Crippen molar-refractivity contribution in [3.05, 3.63) is 0 Å². The molecule has 0 aromatic rings. The number of hydrogen-bond acceptors (Lipinski definition) is 6. The first kappa shape index (κ1) is 26.0. The van der Waals surface area contributed by atoms with Crippen molar-refractivity contribution in [2.75, 3.05) is 6.54 Å². The SMILES string of the molecule is CC(C)(C)OC(=O)NC(C(=O)N1CC2C(C1C(=O)NC1(C(=O)C(=O)O)CC1)C2(C)C)C(C)(C)C. The predicted molar refractivity (Wildman–Crippen MR) is 122 cm³/mol. The van der Waals surface area contributed by atoms with Crippen molar-refractivity contribution >= 4 is 29.7 Å². The quantitative estimate of drug-likeness (QED) is 0.492. The zero-order chi connectivity index (χ0) is 26.0. The monoisotopic (exact) mass is 479 g/mol. The number of carbonyl (C=O) groups is 5. The van der Waals surface area contributed by atoms with Crippen LogP contribution in [0.15, 0.2) is 0 Å². The van der Waals surface area contributed by atoms with Crippen LogP contribution in [0.4, 0.5) is 4.79 Å². The Kier molecular flexibility index (Phi) is 6.07. The molecule has 0 radical (unpaired) electrons. The van der Waals surface area contributed by atoms with E-state index in [2.05, 4.69) is 10.6 Å². The fourth-order valence-corrected chi connectivity index (χ4v) is 5.10. The van der Waals surface area contributed by atoms with Gasteiger partial charge in [-0.1, -0.05) is 34.6 Å². The third-order valence-corrected chi connectivity index (χ3v) is 7.28. The maximum Gasteiger partial charge on any atom is 0.408 e. The van der Waals surface area contributed by atoms with Gasteiger partial charge in [-0.15, -0.1) is 0 Å². The Morgan fingerprint density at radius 1 is 1.03 bits per heavy atom. The summed E-state index contributed by atoms with van der Waals surface area (Å²) in [6, 6.07) is -1.80. The second kappa shape index (κ2) is 7.95. The van der Waals surface area contributed by atoms with E-state index in [1.807, 2.05) is 34.6 Å². The fourth-order valence-electron chi connectivity index (χ4n) is 5.10. The van der Waals surface area contributed by atoms with Crippen molar-refractivity contribution < 1.29 is 33.8 Å². The lowest BCUT2D eigenvalue weighted by Crippen LogP contribution is -2.61. The zero-order valence-corrected chi connectivity index (χ0v) is 21.3. The van der Waals surface area contributed by atoms with Crippen LogP contribution in [-0.4, -0.2) is 69.4 Å². The van der Waals surface area contributed by atoms with Crippen LogP contribution in [0.3, 0.4) is 0 Å². The van der Waals surface area contributed by atoms with Gasteiger partial charge in [0.25, 0.3) is 5.78 Å². The molecule has 1 saturated heterocycles. The van der Waals surface area contributed by atoms with Gasteiger partial charge in [-0.3, -0.25) is 14.4 Å². The average molecular weight is 480 g/mol. The maximum atomic E-state index is 13.7. The Bertz CT molecular complexity index is 924. The highest BCUT2D eigenvalue weighted by atomic mass is 16.6. The second-order valence-corrected chi connectivity index (χ2v) is 12.5. The molecule has 0 bridgehead atoms. The number of Topliss-reactive ketones (excluding diaryl/α,β-unsaturated/α-hetero) is 1. The first-order valence-electron chi connectivity index (χ1n) is 11.7. The van der Waals surface area contributed by atoms with Crippen molar-refractivity contribution in [3.8, 4) is 0 Å². The number of alkyl carbamates (subject to hydrolysis) is 1. The molecule has 2 saturated carbocycles. The van der Waals surface area contributed by atoms with E-state index < -0.39 is 58.3 Å². The second-order valence-electron chi connectivity index (χ2n) is 12.5. The molecule has 0 spiro atoms. The van der Waals surface area contributed by atoms with Crippen LogP contribution in [0.2, 0.25) is 0 Å². The lowest BCUT2D eigenvalue weighted by atomic mass is 9.85. The highest BCUT2D eigenvalue weighted by Crippen LogP contribution is 2.65. The Morgan fingerprint density at radius 3 is 2.03 bits per heavy atom. The molecule has 3 amide bonds. The summed E-state index contributed by atoms with van der Waals surface area (Å²) >= 11 is 0. The van der Waals surface area contributed by atoms with Gasteiger partial charge in [-0.2, -0.15) is 0 Å². The van der Waals surface area contributed by atoms with Gasteiger partial charge in [0.05, 0.1) is 0 Å². The Labute approximate surface area is 200 Å². The summed E-state index contributed by atoms with van der Waals surface area (Å²) in [5.74, 6) is -3.58. The number of fused-ring (bicyclic) bond motifs is 1. The van der Waals surface area contributed by atoms with E-state index in [1.54, 1.807) is 20.8 Å². The van der Waals surface area contributed by atoms with Gasteiger partial charge in [0, 0.05) is 6.54 Å². The summed E-state index contributed by atoms with van der Waals surface area (Å²) in [5, 5.41) is 14.5. The molecule has 190 valence electrons. The minimum atomic E-state index is -1.59. The van der Waals surface area contributed by atoms with Gasteiger partial charge >= 0.3 is 12.1 Å². The third-order valence-electron chi connectivity index (χ3n) is 7.28. The number of ether oxygens (including phenoxy) is 1. The summed E-state index contributed by atoms with van der Waals surface area (Å²) < 4.78 is 5.34. The minimum Gasteiger partial charge on any atom is -0.475 e. The molecule has 10 nitrogen and oxygen atoms in total. The van der Waals surface area contributed by atoms with Gasteiger partial charge < -0.3 is 25.4 Å². The highest BCUT2D eigenvalue weighted by Gasteiger charge is 2.70. The zero-order valence-electron chi connectivity index (χ0n) is 21.3. The van der Waals surface area contributed by atoms with Crippen molar-refractivity contribution in [2.24, 2.45) is 22.7 Å². The number of rotatable bonds is 6. The van der Waals surface area contributed by atoms with Gasteiger partial charge in [0.2, 0.25) is 11.8 Å². The molecule has 1 aliphatic heterocycles. The first-order valence-corrected chi connectivity index (χ1v) is 11.7. The van der Waals surface area contributed by atoms with Crippen LogP contribution < -0.4 is 10.6 Å². The van der Waals surface area contributed by atoms with Gasteiger partial charge in [-0.05, 0) is 56.3 Å². The summed E-state index contributed by atoms with van der Waals surface area (Å²) in [6.07, 6.45) is -0.213. The summed E-state index contributed by atoms with van der Waals surface area (Å²) in [7, 11) is 0. The number of nitrogens with zero attached hydrogens (tertiary/aromatic N) is 1. The van der Waals surface area contributed by atoms with Crippen LogP contribution in [0, 0.1) is 22.7 Å². The first-order chi connectivity index (χ1) is 15.3. The number of carboxylic acids is 1. The number of hydrogen-bond donors (Lipinski definition) is 3. The van der Waals surface area contributed by atoms with E-state index in [1.165, 1.54) is 4.90 Å². The number of piperidine rings is 1. The van der Waals surface area contributed by atoms with Crippen LogP contribution in [0.5, 0.6) is 0 Å². The molecule has 0 aromatic heterocycles. The van der Waals surface area contributed by atoms with Crippen molar-refractivity contribution in [1.82, 2.24) is 15.5 Å². The Balaban J connectivity index is 1.84. The van der Waals surface area contributed by atoms with E-state index in [4.69, 9.17) is 9.84 Å². The van der Waals surface area contributed by atoms with Crippen LogP contribution in [0.1, 0.15) is 68.2 Å². The number of amides is 3. The van der Waals surface area contributed by atoms with Crippen LogP contribution in [-0.2, 0) is 23.9 Å². The third kappa shape index (κ3) is 4.77. The number of carbonyl (C=O) groups excluding carboxylic acids is 4. The molecular formula is C24H37N3O7.